The Morgan fingerprint density at radius 3 is 2.43 bits per heavy atom. The van der Waals surface area contributed by atoms with Crippen LogP contribution in [0.5, 0.6) is 5.75 Å². The van der Waals surface area contributed by atoms with Gasteiger partial charge in [0, 0.05) is 12.1 Å². The summed E-state index contributed by atoms with van der Waals surface area (Å²) in [5.74, 6) is 1.17. The molecule has 160 valence electrons. The van der Waals surface area contributed by atoms with Gasteiger partial charge in [-0.3, -0.25) is 4.79 Å². The van der Waals surface area contributed by atoms with Crippen LogP contribution in [0.2, 0.25) is 0 Å². The van der Waals surface area contributed by atoms with E-state index in [0.29, 0.717) is 19.1 Å². The van der Waals surface area contributed by atoms with Crippen molar-refractivity contribution in [3.05, 3.63) is 71.0 Å². The fourth-order valence-electron chi connectivity index (χ4n) is 3.49. The van der Waals surface area contributed by atoms with Crippen molar-refractivity contribution in [2.75, 3.05) is 19.7 Å². The monoisotopic (exact) mass is 410 g/mol. The van der Waals surface area contributed by atoms with Crippen LogP contribution in [-0.4, -0.2) is 25.6 Å². The molecule has 0 spiro atoms. The van der Waals surface area contributed by atoms with E-state index in [1.807, 2.05) is 30.3 Å². The Balaban J connectivity index is 1.66. The average Bonchev–Trinajstić information content (AvgIpc) is 2.77. The topological polar surface area (TPSA) is 50.4 Å². The third kappa shape index (κ3) is 6.70. The number of piperidine rings is 1. The number of amides is 1. The second kappa shape index (κ2) is 10.9. The van der Waals surface area contributed by atoms with E-state index in [2.05, 4.69) is 24.5 Å². The Bertz CT molecular complexity index is 838. The molecule has 1 amide bonds. The highest BCUT2D eigenvalue weighted by Crippen LogP contribution is 2.24. The van der Waals surface area contributed by atoms with Gasteiger partial charge in [-0.05, 0) is 79.2 Å². The minimum atomic E-state index is -0.277. The van der Waals surface area contributed by atoms with Crippen LogP contribution in [0.25, 0.3) is 6.08 Å². The Kier molecular flexibility index (Phi) is 8.03. The summed E-state index contributed by atoms with van der Waals surface area (Å²) in [4.78, 5) is 13.0. The lowest BCUT2D eigenvalue weighted by Crippen LogP contribution is -2.34. The van der Waals surface area contributed by atoms with Crippen molar-refractivity contribution in [1.82, 2.24) is 10.6 Å². The van der Waals surface area contributed by atoms with Gasteiger partial charge in [0.15, 0.2) is 0 Å². The molecule has 0 radical (unpaired) electrons. The lowest BCUT2D eigenvalue weighted by molar-refractivity contribution is -0.118. The first kappa shape index (κ1) is 22.0. The third-order valence-corrected chi connectivity index (χ3v) is 5.19. The molecule has 1 heterocycles. The van der Waals surface area contributed by atoms with Crippen LogP contribution in [-0.2, 0) is 11.3 Å². The van der Waals surface area contributed by atoms with Crippen molar-refractivity contribution in [3.8, 4) is 5.75 Å². The van der Waals surface area contributed by atoms with Crippen molar-refractivity contribution in [2.24, 2.45) is 11.8 Å². The highest BCUT2D eigenvalue weighted by molar-refractivity contribution is 5.98. The van der Waals surface area contributed by atoms with Gasteiger partial charge in [0.2, 0.25) is 5.91 Å². The zero-order valence-electron chi connectivity index (χ0n) is 17.8. The fourth-order valence-corrected chi connectivity index (χ4v) is 3.49. The third-order valence-electron chi connectivity index (χ3n) is 5.19. The second-order valence-corrected chi connectivity index (χ2v) is 8.21. The lowest BCUT2D eigenvalue weighted by atomic mass is 9.88. The van der Waals surface area contributed by atoms with Crippen LogP contribution in [0.3, 0.4) is 0 Å². The number of hydrogen-bond donors (Lipinski definition) is 2. The number of ether oxygens (including phenoxy) is 1. The summed E-state index contributed by atoms with van der Waals surface area (Å²) in [6.45, 7) is 7.17. The molecule has 1 fully saturated rings. The minimum Gasteiger partial charge on any atom is -0.493 e. The summed E-state index contributed by atoms with van der Waals surface area (Å²) in [6.07, 6.45) is 3.73. The van der Waals surface area contributed by atoms with E-state index in [1.165, 1.54) is 12.1 Å². The molecule has 2 aromatic carbocycles. The molecule has 0 aromatic heterocycles. The van der Waals surface area contributed by atoms with E-state index in [0.717, 1.165) is 48.4 Å². The number of carbonyl (C=O) groups is 1. The standard InChI is InChI=1S/C25H31FN2O2/c1-18(2)17-30-23-9-5-20(6-10-23)16-28-25(29)24(21-11-13-27-14-12-21)15-19-3-7-22(26)8-4-19/h3-10,15,18,21,27H,11-14,16-17H2,1-2H3,(H,28,29). The summed E-state index contributed by atoms with van der Waals surface area (Å²) in [6, 6.07) is 14.1. The van der Waals surface area contributed by atoms with Gasteiger partial charge in [0.25, 0.3) is 0 Å². The number of halogens is 1. The van der Waals surface area contributed by atoms with Gasteiger partial charge in [-0.15, -0.1) is 0 Å². The van der Waals surface area contributed by atoms with E-state index in [9.17, 15) is 9.18 Å². The predicted octanol–water partition coefficient (Wildman–Crippen LogP) is 4.56. The highest BCUT2D eigenvalue weighted by Gasteiger charge is 2.23. The molecule has 1 saturated heterocycles. The van der Waals surface area contributed by atoms with Crippen molar-refractivity contribution in [1.29, 1.82) is 0 Å². The molecule has 5 heteroatoms. The molecule has 2 N–H and O–H groups in total. The molecule has 2 aromatic rings. The molecule has 3 rings (SSSR count). The normalized spacial score (nSPS) is 15.3. The molecule has 0 unspecified atom stereocenters. The average molecular weight is 411 g/mol. The molecule has 0 saturated carbocycles. The van der Waals surface area contributed by atoms with E-state index >= 15 is 0 Å². The van der Waals surface area contributed by atoms with Gasteiger partial charge in [-0.1, -0.05) is 38.1 Å². The number of benzene rings is 2. The first-order valence-electron chi connectivity index (χ1n) is 10.7. The number of carbonyl (C=O) groups excluding carboxylic acids is 1. The van der Waals surface area contributed by atoms with Crippen molar-refractivity contribution in [2.45, 2.75) is 33.2 Å². The first-order valence-corrected chi connectivity index (χ1v) is 10.7. The molecule has 0 aliphatic carbocycles. The molecule has 0 bridgehead atoms. The lowest BCUT2D eigenvalue weighted by Gasteiger charge is -2.25. The fraction of sp³-hybridized carbons (Fsp3) is 0.400. The van der Waals surface area contributed by atoms with E-state index in [4.69, 9.17) is 4.74 Å². The van der Waals surface area contributed by atoms with Crippen molar-refractivity contribution >= 4 is 12.0 Å². The van der Waals surface area contributed by atoms with E-state index in [1.54, 1.807) is 12.1 Å². The van der Waals surface area contributed by atoms with Gasteiger partial charge in [-0.25, -0.2) is 4.39 Å². The smallest absolute Gasteiger partial charge is 0.247 e. The second-order valence-electron chi connectivity index (χ2n) is 8.21. The van der Waals surface area contributed by atoms with Crippen LogP contribution in [0.1, 0.15) is 37.8 Å². The van der Waals surface area contributed by atoms with Crippen LogP contribution < -0.4 is 15.4 Å². The van der Waals surface area contributed by atoms with Crippen LogP contribution in [0.4, 0.5) is 4.39 Å². The molecule has 1 aliphatic heterocycles. The molecule has 0 atom stereocenters. The Hall–Kier alpha value is -2.66. The van der Waals surface area contributed by atoms with Crippen molar-refractivity contribution < 1.29 is 13.9 Å². The summed E-state index contributed by atoms with van der Waals surface area (Å²) in [5.41, 5.74) is 2.62. The zero-order chi connectivity index (χ0) is 21.3. The Morgan fingerprint density at radius 2 is 1.80 bits per heavy atom. The van der Waals surface area contributed by atoms with Gasteiger partial charge in [0.1, 0.15) is 11.6 Å². The molecule has 30 heavy (non-hydrogen) atoms. The largest absolute Gasteiger partial charge is 0.493 e. The maximum Gasteiger partial charge on any atom is 0.247 e. The zero-order valence-corrected chi connectivity index (χ0v) is 17.8. The number of nitrogens with one attached hydrogen (secondary N) is 2. The SMILES string of the molecule is CC(C)COc1ccc(CNC(=O)C(=Cc2ccc(F)cc2)C2CCNCC2)cc1. The van der Waals surface area contributed by atoms with Crippen molar-refractivity contribution in [3.63, 3.8) is 0 Å². The van der Waals surface area contributed by atoms with Gasteiger partial charge >= 0.3 is 0 Å². The van der Waals surface area contributed by atoms with Crippen LogP contribution in [0, 0.1) is 17.7 Å². The predicted molar refractivity (Wildman–Crippen MR) is 119 cm³/mol. The molecular formula is C25H31FN2O2. The molecular weight excluding hydrogens is 379 g/mol. The maximum atomic E-state index is 13.2. The molecule has 1 aliphatic rings. The highest BCUT2D eigenvalue weighted by atomic mass is 19.1. The van der Waals surface area contributed by atoms with Crippen LogP contribution in [0.15, 0.2) is 54.1 Å². The Morgan fingerprint density at radius 1 is 1.13 bits per heavy atom. The minimum absolute atomic E-state index is 0.0636. The van der Waals surface area contributed by atoms with E-state index < -0.39 is 0 Å². The summed E-state index contributed by atoms with van der Waals surface area (Å²) in [7, 11) is 0. The molecule has 4 nitrogen and oxygen atoms in total. The maximum absolute atomic E-state index is 13.2. The van der Waals surface area contributed by atoms with Gasteiger partial charge in [0.05, 0.1) is 6.61 Å². The Labute approximate surface area is 178 Å². The van der Waals surface area contributed by atoms with E-state index in [-0.39, 0.29) is 17.6 Å². The quantitative estimate of drug-likeness (QED) is 0.627. The van der Waals surface area contributed by atoms with Gasteiger partial charge < -0.3 is 15.4 Å². The van der Waals surface area contributed by atoms with Crippen LogP contribution >= 0.6 is 0 Å². The summed E-state index contributed by atoms with van der Waals surface area (Å²) >= 11 is 0. The number of rotatable bonds is 8. The van der Waals surface area contributed by atoms with Gasteiger partial charge in [-0.2, -0.15) is 0 Å². The summed E-state index contributed by atoms with van der Waals surface area (Å²) in [5, 5.41) is 6.39. The summed E-state index contributed by atoms with van der Waals surface area (Å²) < 4.78 is 19.0. The first-order chi connectivity index (χ1) is 14.5. The number of hydrogen-bond acceptors (Lipinski definition) is 3.